The van der Waals surface area contributed by atoms with Gasteiger partial charge in [0.15, 0.2) is 5.78 Å². The molecule has 0 saturated carbocycles. The van der Waals surface area contributed by atoms with Crippen molar-refractivity contribution < 1.29 is 4.79 Å². The Bertz CT molecular complexity index is 446. The summed E-state index contributed by atoms with van der Waals surface area (Å²) < 4.78 is 0. The zero-order valence-corrected chi connectivity index (χ0v) is 12.0. The number of ketones is 1. The second-order valence-corrected chi connectivity index (χ2v) is 4.36. The van der Waals surface area contributed by atoms with Crippen LogP contribution in [0.15, 0.2) is 54.1 Å². The first-order valence-electron chi connectivity index (χ1n) is 6.96. The van der Waals surface area contributed by atoms with Crippen molar-refractivity contribution in [2.24, 2.45) is 0 Å². The first kappa shape index (κ1) is 15.2. The lowest BCUT2D eigenvalue weighted by Gasteiger charge is -2.17. The summed E-state index contributed by atoms with van der Waals surface area (Å²) in [5, 5.41) is 3.39. The highest BCUT2D eigenvalue weighted by Crippen LogP contribution is 2.16. The van der Waals surface area contributed by atoms with Gasteiger partial charge in [0.25, 0.3) is 0 Å². The molecule has 0 bridgehead atoms. The lowest BCUT2D eigenvalue weighted by molar-refractivity contribution is -0.115. The maximum Gasteiger partial charge on any atom is 0.162 e. The molecule has 0 radical (unpaired) electrons. The van der Waals surface area contributed by atoms with E-state index in [1.54, 1.807) is 0 Å². The smallest absolute Gasteiger partial charge is 0.162 e. The summed E-state index contributed by atoms with van der Waals surface area (Å²) >= 11 is 0. The Kier molecular flexibility index (Phi) is 6.65. The van der Waals surface area contributed by atoms with Crippen molar-refractivity contribution in [1.29, 1.82) is 0 Å². The summed E-state index contributed by atoms with van der Waals surface area (Å²) in [6.45, 7) is 6.10. The van der Waals surface area contributed by atoms with Gasteiger partial charge in [-0.2, -0.15) is 0 Å². The van der Waals surface area contributed by atoms with Gasteiger partial charge >= 0.3 is 0 Å². The van der Waals surface area contributed by atoms with Crippen LogP contribution in [-0.4, -0.2) is 11.8 Å². The Balaban J connectivity index is 0.000000861. The SMILES string of the molecule is CC.CC(CC1=CC=CCC1=O)Nc1ccccc1. The normalized spacial score (nSPS) is 15.1. The number of hydrogen-bond donors (Lipinski definition) is 1. The van der Waals surface area contributed by atoms with Crippen LogP contribution >= 0.6 is 0 Å². The second kappa shape index (κ2) is 8.30. The summed E-state index contributed by atoms with van der Waals surface area (Å²) in [5.74, 6) is 0.245. The zero-order chi connectivity index (χ0) is 14.1. The van der Waals surface area contributed by atoms with Crippen molar-refractivity contribution in [1.82, 2.24) is 0 Å². The van der Waals surface area contributed by atoms with E-state index in [-0.39, 0.29) is 11.8 Å². The van der Waals surface area contributed by atoms with E-state index in [9.17, 15) is 4.79 Å². The Morgan fingerprint density at radius 2 is 1.89 bits per heavy atom. The summed E-state index contributed by atoms with van der Waals surface area (Å²) in [5.41, 5.74) is 2.02. The van der Waals surface area contributed by atoms with Gasteiger partial charge < -0.3 is 5.32 Å². The average Bonchev–Trinajstić information content (AvgIpc) is 2.45. The van der Waals surface area contributed by atoms with E-state index in [1.165, 1.54) is 0 Å². The summed E-state index contributed by atoms with van der Waals surface area (Å²) in [6.07, 6.45) is 7.12. The number of nitrogens with one attached hydrogen (secondary N) is 1. The Labute approximate surface area is 116 Å². The van der Waals surface area contributed by atoms with Crippen molar-refractivity contribution in [2.75, 3.05) is 5.32 Å². The second-order valence-electron chi connectivity index (χ2n) is 4.36. The van der Waals surface area contributed by atoms with E-state index in [1.807, 2.05) is 62.4 Å². The molecule has 0 amide bonds. The number of hydrogen-bond acceptors (Lipinski definition) is 2. The molecule has 0 fully saturated rings. The van der Waals surface area contributed by atoms with Gasteiger partial charge in [-0.15, -0.1) is 0 Å². The van der Waals surface area contributed by atoms with Crippen LogP contribution in [0.5, 0.6) is 0 Å². The van der Waals surface area contributed by atoms with Crippen molar-refractivity contribution in [3.05, 3.63) is 54.1 Å². The van der Waals surface area contributed by atoms with Crippen LogP contribution < -0.4 is 5.32 Å². The van der Waals surface area contributed by atoms with E-state index in [0.29, 0.717) is 6.42 Å². The van der Waals surface area contributed by atoms with Crippen molar-refractivity contribution in [3.63, 3.8) is 0 Å². The molecule has 1 aliphatic carbocycles. The van der Waals surface area contributed by atoms with Crippen LogP contribution in [0.4, 0.5) is 5.69 Å². The molecule has 0 aliphatic heterocycles. The third-order valence-corrected chi connectivity index (χ3v) is 2.81. The number of Topliss-reactive ketones (excluding diaryl/α,β-unsaturated/α-hetero) is 1. The molecule has 1 N–H and O–H groups in total. The fourth-order valence-electron chi connectivity index (χ4n) is 1.96. The summed E-state index contributed by atoms with van der Waals surface area (Å²) in [6, 6.07) is 10.3. The molecule has 1 aromatic rings. The molecule has 0 saturated heterocycles. The number of para-hydroxylation sites is 1. The first-order chi connectivity index (χ1) is 9.25. The van der Waals surface area contributed by atoms with Gasteiger partial charge in [0.1, 0.15) is 0 Å². The fourth-order valence-corrected chi connectivity index (χ4v) is 1.96. The number of allylic oxidation sites excluding steroid dienone is 3. The maximum atomic E-state index is 11.6. The number of rotatable bonds is 4. The van der Waals surface area contributed by atoms with E-state index in [0.717, 1.165) is 17.7 Å². The van der Waals surface area contributed by atoms with Gasteiger partial charge in [-0.3, -0.25) is 4.79 Å². The topological polar surface area (TPSA) is 29.1 Å². The minimum absolute atomic E-state index is 0.245. The molecule has 102 valence electrons. The number of carbonyl (C=O) groups is 1. The van der Waals surface area contributed by atoms with Crippen molar-refractivity contribution in [3.8, 4) is 0 Å². The van der Waals surface area contributed by atoms with Crippen LogP contribution in [0.2, 0.25) is 0 Å². The van der Waals surface area contributed by atoms with Gasteiger partial charge in [0.05, 0.1) is 0 Å². The van der Waals surface area contributed by atoms with Gasteiger partial charge in [-0.05, 0) is 31.1 Å². The Morgan fingerprint density at radius 3 is 2.53 bits per heavy atom. The average molecular weight is 257 g/mol. The van der Waals surface area contributed by atoms with Crippen LogP contribution in [0.3, 0.4) is 0 Å². The van der Waals surface area contributed by atoms with E-state index in [4.69, 9.17) is 0 Å². The standard InChI is InChI=1S/C15H17NO.C2H6/c1-12(16-14-8-3-2-4-9-14)11-13-7-5-6-10-15(13)17;1-2/h2-9,12,16H,10-11H2,1H3;1-2H3. The molecule has 2 heteroatoms. The first-order valence-corrected chi connectivity index (χ1v) is 6.96. The molecule has 2 rings (SSSR count). The molecule has 1 unspecified atom stereocenters. The quantitative estimate of drug-likeness (QED) is 0.868. The van der Waals surface area contributed by atoms with Gasteiger partial charge in [-0.25, -0.2) is 0 Å². The molecule has 2 nitrogen and oxygen atoms in total. The fraction of sp³-hybridized carbons (Fsp3) is 0.353. The van der Waals surface area contributed by atoms with E-state index >= 15 is 0 Å². The molecule has 1 aromatic carbocycles. The van der Waals surface area contributed by atoms with Gasteiger partial charge in [-0.1, -0.05) is 50.3 Å². The molecule has 19 heavy (non-hydrogen) atoms. The number of benzene rings is 1. The minimum Gasteiger partial charge on any atom is -0.382 e. The molecule has 1 atom stereocenters. The maximum absolute atomic E-state index is 11.6. The Morgan fingerprint density at radius 1 is 1.21 bits per heavy atom. The molecule has 0 aromatic heterocycles. The number of carbonyl (C=O) groups excluding carboxylic acids is 1. The third kappa shape index (κ3) is 5.12. The highest BCUT2D eigenvalue weighted by atomic mass is 16.1. The summed E-state index contributed by atoms with van der Waals surface area (Å²) in [7, 11) is 0. The van der Waals surface area contributed by atoms with Gasteiger partial charge in [0.2, 0.25) is 0 Å². The molecular weight excluding hydrogens is 234 g/mol. The van der Waals surface area contributed by atoms with Crippen LogP contribution in [-0.2, 0) is 4.79 Å². The highest BCUT2D eigenvalue weighted by molar-refractivity contribution is 5.97. The van der Waals surface area contributed by atoms with Crippen LogP contribution in [0, 0.1) is 0 Å². The van der Waals surface area contributed by atoms with Crippen LogP contribution in [0.1, 0.15) is 33.6 Å². The van der Waals surface area contributed by atoms with E-state index < -0.39 is 0 Å². The molecular formula is C17H23NO. The molecule has 0 heterocycles. The number of anilines is 1. The highest BCUT2D eigenvalue weighted by Gasteiger charge is 2.13. The van der Waals surface area contributed by atoms with Crippen LogP contribution in [0.25, 0.3) is 0 Å². The third-order valence-electron chi connectivity index (χ3n) is 2.81. The van der Waals surface area contributed by atoms with Crippen molar-refractivity contribution in [2.45, 2.75) is 39.7 Å². The molecule has 0 spiro atoms. The molecule has 1 aliphatic rings. The predicted molar refractivity (Wildman–Crippen MR) is 82.3 cm³/mol. The van der Waals surface area contributed by atoms with Gasteiger partial charge in [0, 0.05) is 18.2 Å². The minimum atomic E-state index is 0.245. The largest absolute Gasteiger partial charge is 0.382 e. The van der Waals surface area contributed by atoms with Crippen molar-refractivity contribution >= 4 is 11.5 Å². The monoisotopic (exact) mass is 257 g/mol. The van der Waals surface area contributed by atoms with E-state index in [2.05, 4.69) is 12.2 Å². The zero-order valence-electron chi connectivity index (χ0n) is 12.0. The lowest BCUT2D eigenvalue weighted by atomic mass is 9.97. The lowest BCUT2D eigenvalue weighted by Crippen LogP contribution is -2.19. The summed E-state index contributed by atoms with van der Waals surface area (Å²) in [4.78, 5) is 11.6. The Hall–Kier alpha value is -1.83. The predicted octanol–water partition coefficient (Wildman–Crippen LogP) is 4.36.